The molecule has 9 nitrogen and oxygen atoms in total. The van der Waals surface area contributed by atoms with Gasteiger partial charge in [0.05, 0.1) is 27.7 Å². The number of phosphoric acid groups is 1. The highest BCUT2D eigenvalue weighted by Crippen LogP contribution is 2.43. The second-order valence-electron chi connectivity index (χ2n) is 25.6. The van der Waals surface area contributed by atoms with Crippen molar-refractivity contribution >= 4 is 19.8 Å². The zero-order valence-electron chi connectivity index (χ0n) is 55.7. The second kappa shape index (κ2) is 64.4. The SMILES string of the molecule is CC/C=C\C/C=C\C/C=C\C/C=C\CCCCCCCCCCCCCCCCC(=O)OC(COC(=O)CCCCCCCCCCCCCCCCCCCCCCCCCCCCCCCCCC)COP(=O)(O)OCC[N+](C)(C)C. The summed E-state index contributed by atoms with van der Waals surface area (Å²) >= 11 is 0. The van der Waals surface area contributed by atoms with Gasteiger partial charge in [0.25, 0.3) is 0 Å². The van der Waals surface area contributed by atoms with Crippen molar-refractivity contribution in [1.29, 1.82) is 0 Å². The highest BCUT2D eigenvalue weighted by Gasteiger charge is 2.27. The number of rotatable bonds is 67. The van der Waals surface area contributed by atoms with Crippen LogP contribution in [0.2, 0.25) is 0 Å². The van der Waals surface area contributed by atoms with Crippen LogP contribution < -0.4 is 0 Å². The number of carbonyl (C=O) groups excluding carboxylic acids is 2. The summed E-state index contributed by atoms with van der Waals surface area (Å²) in [6.45, 7) is 4.39. The fourth-order valence-electron chi connectivity index (χ4n) is 10.7. The molecule has 488 valence electrons. The summed E-state index contributed by atoms with van der Waals surface area (Å²) < 4.78 is 34.8. The van der Waals surface area contributed by atoms with Gasteiger partial charge in [-0.25, -0.2) is 4.57 Å². The minimum atomic E-state index is -4.39. The van der Waals surface area contributed by atoms with Crippen molar-refractivity contribution in [2.75, 3.05) is 47.5 Å². The molecular formula is C73H139NO8P+. The van der Waals surface area contributed by atoms with Gasteiger partial charge in [0.2, 0.25) is 0 Å². The fraction of sp³-hybridized carbons (Fsp3) is 0.863. The maximum atomic E-state index is 12.9. The van der Waals surface area contributed by atoms with E-state index >= 15 is 0 Å². The van der Waals surface area contributed by atoms with Crippen LogP contribution in [0.1, 0.15) is 354 Å². The Balaban J connectivity index is 3.98. The van der Waals surface area contributed by atoms with Gasteiger partial charge in [-0.2, -0.15) is 0 Å². The van der Waals surface area contributed by atoms with Gasteiger partial charge >= 0.3 is 19.8 Å². The monoisotopic (exact) mass is 1190 g/mol. The molecule has 0 amide bonds. The fourth-order valence-corrected chi connectivity index (χ4v) is 11.4. The molecule has 0 radical (unpaired) electrons. The number of ether oxygens (including phenoxy) is 2. The zero-order chi connectivity index (χ0) is 60.5. The highest BCUT2D eigenvalue weighted by molar-refractivity contribution is 7.47. The van der Waals surface area contributed by atoms with E-state index in [4.69, 9.17) is 18.5 Å². The van der Waals surface area contributed by atoms with Gasteiger partial charge in [0.1, 0.15) is 19.8 Å². The zero-order valence-corrected chi connectivity index (χ0v) is 56.6. The van der Waals surface area contributed by atoms with Crippen LogP contribution in [0.3, 0.4) is 0 Å². The van der Waals surface area contributed by atoms with Crippen LogP contribution in [0, 0.1) is 0 Å². The molecule has 0 heterocycles. The first-order valence-electron chi connectivity index (χ1n) is 35.9. The highest BCUT2D eigenvalue weighted by atomic mass is 31.2. The van der Waals surface area contributed by atoms with Crippen LogP contribution in [0.25, 0.3) is 0 Å². The molecule has 0 saturated carbocycles. The predicted molar refractivity (Wildman–Crippen MR) is 358 cm³/mol. The Kier molecular flexibility index (Phi) is 62.9. The van der Waals surface area contributed by atoms with E-state index in [1.807, 2.05) is 21.1 Å². The van der Waals surface area contributed by atoms with Gasteiger partial charge in [-0.3, -0.25) is 18.6 Å². The van der Waals surface area contributed by atoms with E-state index in [9.17, 15) is 19.0 Å². The third-order valence-corrected chi connectivity index (χ3v) is 17.1. The summed E-state index contributed by atoms with van der Waals surface area (Å²) in [5, 5.41) is 0. The minimum absolute atomic E-state index is 0.0332. The number of quaternary nitrogens is 1. The van der Waals surface area contributed by atoms with Crippen molar-refractivity contribution in [2.24, 2.45) is 0 Å². The average Bonchev–Trinajstić information content (AvgIpc) is 3.49. The molecule has 0 fully saturated rings. The average molecular weight is 1190 g/mol. The summed E-state index contributed by atoms with van der Waals surface area (Å²) in [5.74, 6) is -0.779. The normalized spacial score (nSPS) is 13.4. The second-order valence-corrected chi connectivity index (χ2v) is 27.1. The summed E-state index contributed by atoms with van der Waals surface area (Å²) in [7, 11) is 1.49. The lowest BCUT2D eigenvalue weighted by Gasteiger charge is -2.24. The van der Waals surface area contributed by atoms with E-state index in [0.29, 0.717) is 23.9 Å². The van der Waals surface area contributed by atoms with E-state index in [2.05, 4.69) is 62.5 Å². The number of allylic oxidation sites excluding steroid dienone is 8. The standard InChI is InChI=1S/C73H138NO8P/c1-6-8-10-12-14-16-18-20-22-24-26-28-30-32-34-35-36-37-38-40-41-43-45-47-49-51-53-55-57-59-61-63-65-72(75)79-69-71(70-81-83(77,78)80-68-67-74(3,4)5)82-73(76)66-64-62-60-58-56-54-52-50-48-46-44-42-39-33-31-29-27-25-23-21-19-17-15-13-11-9-7-2/h9,11,15,17,21,23,27,29,71H,6-8,10,12-14,16,18-20,22,24-26,28,30-70H2,1-5H3/p+1/b11-9-,17-15-,23-21-,29-27-. The Bertz CT molecular complexity index is 1540. The van der Waals surface area contributed by atoms with E-state index in [0.717, 1.165) is 57.8 Å². The van der Waals surface area contributed by atoms with E-state index in [1.54, 1.807) is 0 Å². The Morgan fingerprint density at radius 3 is 1.02 bits per heavy atom. The number of hydrogen-bond donors (Lipinski definition) is 1. The van der Waals surface area contributed by atoms with E-state index < -0.39 is 26.5 Å². The van der Waals surface area contributed by atoms with Crippen molar-refractivity contribution in [2.45, 2.75) is 360 Å². The van der Waals surface area contributed by atoms with Crippen molar-refractivity contribution in [3.8, 4) is 0 Å². The summed E-state index contributed by atoms with van der Waals surface area (Å²) in [5.41, 5.74) is 0. The lowest BCUT2D eigenvalue weighted by molar-refractivity contribution is -0.870. The van der Waals surface area contributed by atoms with Crippen LogP contribution >= 0.6 is 7.82 Å². The molecule has 0 aromatic rings. The van der Waals surface area contributed by atoms with Gasteiger partial charge in [-0.05, 0) is 51.4 Å². The number of esters is 2. The van der Waals surface area contributed by atoms with Crippen LogP contribution in [0.4, 0.5) is 0 Å². The third kappa shape index (κ3) is 68.9. The summed E-state index contributed by atoms with van der Waals surface area (Å²) in [6, 6.07) is 0. The van der Waals surface area contributed by atoms with Crippen LogP contribution in [0.5, 0.6) is 0 Å². The Morgan fingerprint density at radius 1 is 0.386 bits per heavy atom. The molecule has 0 bridgehead atoms. The van der Waals surface area contributed by atoms with Gasteiger partial charge in [0.15, 0.2) is 6.10 Å². The predicted octanol–water partition coefficient (Wildman–Crippen LogP) is 23.2. The number of unbranched alkanes of at least 4 members (excludes halogenated alkanes) is 45. The van der Waals surface area contributed by atoms with Crippen molar-refractivity contribution in [3.63, 3.8) is 0 Å². The quantitative estimate of drug-likeness (QED) is 0.0211. The number of hydrogen-bond acceptors (Lipinski definition) is 7. The van der Waals surface area contributed by atoms with Crippen LogP contribution in [-0.2, 0) is 32.7 Å². The van der Waals surface area contributed by atoms with Gasteiger partial charge in [-0.1, -0.05) is 339 Å². The number of nitrogens with zero attached hydrogens (tertiary/aromatic N) is 1. The maximum Gasteiger partial charge on any atom is 0.472 e. The van der Waals surface area contributed by atoms with E-state index in [-0.39, 0.29) is 25.6 Å². The Morgan fingerprint density at radius 2 is 0.687 bits per heavy atom. The number of phosphoric ester groups is 1. The molecule has 2 atom stereocenters. The first-order valence-corrected chi connectivity index (χ1v) is 37.4. The Labute approximate surface area is 515 Å². The Hall–Kier alpha value is -2.03. The molecule has 0 aliphatic rings. The van der Waals surface area contributed by atoms with E-state index in [1.165, 1.54) is 263 Å². The molecule has 10 heteroatoms. The smallest absolute Gasteiger partial charge is 0.462 e. The first kappa shape index (κ1) is 81.0. The molecule has 0 aliphatic heterocycles. The molecule has 1 N–H and O–H groups in total. The van der Waals surface area contributed by atoms with Gasteiger partial charge < -0.3 is 18.9 Å². The molecule has 0 rings (SSSR count). The molecule has 0 saturated heterocycles. The molecule has 83 heavy (non-hydrogen) atoms. The summed E-state index contributed by atoms with van der Waals surface area (Å²) in [4.78, 5) is 35.9. The minimum Gasteiger partial charge on any atom is -0.462 e. The van der Waals surface area contributed by atoms with Crippen LogP contribution in [0.15, 0.2) is 48.6 Å². The maximum absolute atomic E-state index is 12.9. The molecule has 0 aliphatic carbocycles. The molecule has 0 aromatic carbocycles. The molecule has 0 aromatic heterocycles. The van der Waals surface area contributed by atoms with Gasteiger partial charge in [-0.15, -0.1) is 0 Å². The largest absolute Gasteiger partial charge is 0.472 e. The third-order valence-electron chi connectivity index (χ3n) is 16.1. The van der Waals surface area contributed by atoms with Crippen LogP contribution in [-0.4, -0.2) is 74.9 Å². The first-order chi connectivity index (χ1) is 40.5. The number of likely N-dealkylation sites (N-methyl/N-ethyl adjacent to an activating group) is 1. The lowest BCUT2D eigenvalue weighted by atomic mass is 10.0. The van der Waals surface area contributed by atoms with Crippen molar-refractivity contribution in [3.05, 3.63) is 48.6 Å². The molecular weight excluding hydrogens is 1050 g/mol. The molecule has 0 spiro atoms. The topological polar surface area (TPSA) is 108 Å². The molecule has 2 unspecified atom stereocenters. The van der Waals surface area contributed by atoms with Crippen molar-refractivity contribution in [1.82, 2.24) is 0 Å². The number of carbonyl (C=O) groups is 2. The van der Waals surface area contributed by atoms with Gasteiger partial charge in [0, 0.05) is 12.8 Å². The van der Waals surface area contributed by atoms with Crippen molar-refractivity contribution < 1.29 is 42.1 Å². The summed E-state index contributed by atoms with van der Waals surface area (Å²) in [6.07, 6.45) is 83.7. The lowest BCUT2D eigenvalue weighted by Crippen LogP contribution is -2.37.